The Morgan fingerprint density at radius 3 is 2.76 bits per heavy atom. The third kappa shape index (κ3) is 2.33. The molecular formula is C13H17BrFNO. The third-order valence-electron chi connectivity index (χ3n) is 3.93. The first kappa shape index (κ1) is 12.8. The van der Waals surface area contributed by atoms with Crippen molar-refractivity contribution in [2.75, 3.05) is 0 Å². The number of benzene rings is 1. The molecule has 1 aromatic carbocycles. The number of nitrogens with two attached hydrogens (primary N) is 1. The number of hydrogen-bond acceptors (Lipinski definition) is 2. The summed E-state index contributed by atoms with van der Waals surface area (Å²) < 4.78 is 19.7. The molecule has 0 bridgehead atoms. The van der Waals surface area contributed by atoms with Crippen LogP contribution in [0, 0.1) is 11.2 Å². The molecule has 3 atom stereocenters. The number of ether oxygens (including phenoxy) is 1. The number of rotatable bonds is 3. The monoisotopic (exact) mass is 301 g/mol. The molecule has 1 aliphatic rings. The van der Waals surface area contributed by atoms with Crippen LogP contribution >= 0.6 is 15.9 Å². The van der Waals surface area contributed by atoms with Crippen LogP contribution in [0.2, 0.25) is 0 Å². The Morgan fingerprint density at radius 2 is 2.24 bits per heavy atom. The van der Waals surface area contributed by atoms with Gasteiger partial charge in [0.15, 0.2) is 0 Å². The van der Waals surface area contributed by atoms with Gasteiger partial charge < -0.3 is 10.5 Å². The van der Waals surface area contributed by atoms with E-state index in [2.05, 4.69) is 29.8 Å². The standard InChI is InChI=1S/C13H17BrFNO/c1-3-13(2)11(16)7-12(13)17-10-5-8(14)4-9(15)6-10/h4-6,11-12H,3,7,16H2,1-2H3. The normalized spacial score (nSPS) is 32.1. The van der Waals surface area contributed by atoms with E-state index in [0.717, 1.165) is 12.8 Å². The van der Waals surface area contributed by atoms with E-state index < -0.39 is 0 Å². The summed E-state index contributed by atoms with van der Waals surface area (Å²) in [4.78, 5) is 0. The fraction of sp³-hybridized carbons (Fsp3) is 0.538. The summed E-state index contributed by atoms with van der Waals surface area (Å²) in [6, 6.07) is 4.78. The minimum Gasteiger partial charge on any atom is -0.490 e. The van der Waals surface area contributed by atoms with Crippen LogP contribution in [0.1, 0.15) is 26.7 Å². The highest BCUT2D eigenvalue weighted by atomic mass is 79.9. The van der Waals surface area contributed by atoms with Crippen LogP contribution in [-0.2, 0) is 0 Å². The molecule has 2 rings (SSSR count). The minimum atomic E-state index is -0.295. The Kier molecular flexibility index (Phi) is 3.46. The van der Waals surface area contributed by atoms with Gasteiger partial charge in [-0.25, -0.2) is 4.39 Å². The molecule has 3 unspecified atom stereocenters. The lowest BCUT2D eigenvalue weighted by Crippen LogP contribution is -2.61. The zero-order valence-electron chi connectivity index (χ0n) is 10.0. The van der Waals surface area contributed by atoms with Gasteiger partial charge in [-0.05, 0) is 18.6 Å². The second kappa shape index (κ2) is 4.58. The van der Waals surface area contributed by atoms with Crippen LogP contribution < -0.4 is 10.5 Å². The lowest BCUT2D eigenvalue weighted by Gasteiger charge is -2.51. The highest BCUT2D eigenvalue weighted by Gasteiger charge is 2.50. The molecule has 0 spiro atoms. The smallest absolute Gasteiger partial charge is 0.128 e. The van der Waals surface area contributed by atoms with Crippen molar-refractivity contribution in [1.82, 2.24) is 0 Å². The predicted octanol–water partition coefficient (Wildman–Crippen LogP) is 3.48. The fourth-order valence-corrected chi connectivity index (χ4v) is 2.73. The second-order valence-electron chi connectivity index (χ2n) is 4.91. The van der Waals surface area contributed by atoms with Crippen molar-refractivity contribution in [1.29, 1.82) is 0 Å². The summed E-state index contributed by atoms with van der Waals surface area (Å²) in [7, 11) is 0. The Bertz CT molecular complexity index is 406. The zero-order chi connectivity index (χ0) is 12.6. The highest BCUT2D eigenvalue weighted by Crippen LogP contribution is 2.45. The maximum absolute atomic E-state index is 13.2. The van der Waals surface area contributed by atoms with Gasteiger partial charge in [0.05, 0.1) is 0 Å². The Labute approximate surface area is 109 Å². The van der Waals surface area contributed by atoms with Gasteiger partial charge in [0.1, 0.15) is 17.7 Å². The molecule has 0 aliphatic heterocycles. The van der Waals surface area contributed by atoms with Crippen molar-refractivity contribution in [2.24, 2.45) is 11.1 Å². The summed E-state index contributed by atoms with van der Waals surface area (Å²) in [5.74, 6) is 0.268. The van der Waals surface area contributed by atoms with Gasteiger partial charge in [-0.1, -0.05) is 29.8 Å². The van der Waals surface area contributed by atoms with Crippen molar-refractivity contribution in [3.05, 3.63) is 28.5 Å². The first-order chi connectivity index (χ1) is 7.95. The summed E-state index contributed by atoms with van der Waals surface area (Å²) in [5.41, 5.74) is 6.01. The van der Waals surface area contributed by atoms with Crippen LogP contribution in [0.15, 0.2) is 22.7 Å². The van der Waals surface area contributed by atoms with Crippen molar-refractivity contribution in [3.8, 4) is 5.75 Å². The van der Waals surface area contributed by atoms with Crippen LogP contribution in [0.25, 0.3) is 0 Å². The van der Waals surface area contributed by atoms with E-state index in [1.165, 1.54) is 12.1 Å². The van der Waals surface area contributed by atoms with E-state index >= 15 is 0 Å². The molecular weight excluding hydrogens is 285 g/mol. The highest BCUT2D eigenvalue weighted by molar-refractivity contribution is 9.10. The van der Waals surface area contributed by atoms with Gasteiger partial charge in [0.25, 0.3) is 0 Å². The molecule has 94 valence electrons. The van der Waals surface area contributed by atoms with E-state index in [9.17, 15) is 4.39 Å². The Morgan fingerprint density at radius 1 is 1.53 bits per heavy atom. The number of hydrogen-bond donors (Lipinski definition) is 1. The molecule has 4 heteroatoms. The molecule has 1 aliphatic carbocycles. The van der Waals surface area contributed by atoms with Gasteiger partial charge in [-0.15, -0.1) is 0 Å². The molecule has 1 fully saturated rings. The second-order valence-corrected chi connectivity index (χ2v) is 5.83. The lowest BCUT2D eigenvalue weighted by atomic mass is 9.62. The van der Waals surface area contributed by atoms with Crippen LogP contribution in [-0.4, -0.2) is 12.1 Å². The minimum absolute atomic E-state index is 0.00120. The molecule has 1 saturated carbocycles. The first-order valence-corrected chi connectivity index (χ1v) is 6.63. The van der Waals surface area contributed by atoms with Gasteiger partial charge in [0, 0.05) is 28.4 Å². The predicted molar refractivity (Wildman–Crippen MR) is 69.5 cm³/mol. The maximum atomic E-state index is 13.2. The van der Waals surface area contributed by atoms with Crippen molar-refractivity contribution >= 4 is 15.9 Å². The van der Waals surface area contributed by atoms with E-state index in [1.807, 2.05) is 0 Å². The molecule has 0 aromatic heterocycles. The van der Waals surface area contributed by atoms with Crippen molar-refractivity contribution in [2.45, 2.75) is 38.8 Å². The number of halogens is 2. The molecule has 0 amide bonds. The van der Waals surface area contributed by atoms with Gasteiger partial charge >= 0.3 is 0 Å². The van der Waals surface area contributed by atoms with E-state index in [1.54, 1.807) is 6.07 Å². The molecule has 0 radical (unpaired) electrons. The first-order valence-electron chi connectivity index (χ1n) is 5.84. The van der Waals surface area contributed by atoms with Crippen LogP contribution in [0.4, 0.5) is 4.39 Å². The topological polar surface area (TPSA) is 35.2 Å². The third-order valence-corrected chi connectivity index (χ3v) is 4.38. The van der Waals surface area contributed by atoms with Gasteiger partial charge in [-0.2, -0.15) is 0 Å². The Balaban J connectivity index is 2.12. The van der Waals surface area contributed by atoms with Crippen LogP contribution in [0.5, 0.6) is 5.75 Å². The van der Waals surface area contributed by atoms with Crippen LogP contribution in [0.3, 0.4) is 0 Å². The summed E-state index contributed by atoms with van der Waals surface area (Å²) in [6.07, 6.45) is 1.88. The Hall–Kier alpha value is -0.610. The zero-order valence-corrected chi connectivity index (χ0v) is 11.6. The molecule has 2 N–H and O–H groups in total. The lowest BCUT2D eigenvalue weighted by molar-refractivity contribution is -0.0561. The summed E-state index contributed by atoms with van der Waals surface area (Å²) in [6.45, 7) is 4.23. The summed E-state index contributed by atoms with van der Waals surface area (Å²) in [5, 5.41) is 0. The van der Waals surface area contributed by atoms with Crippen molar-refractivity contribution in [3.63, 3.8) is 0 Å². The molecule has 2 nitrogen and oxygen atoms in total. The van der Waals surface area contributed by atoms with E-state index in [4.69, 9.17) is 10.5 Å². The van der Waals surface area contributed by atoms with Gasteiger partial charge in [0.2, 0.25) is 0 Å². The van der Waals surface area contributed by atoms with E-state index in [-0.39, 0.29) is 23.4 Å². The molecule has 17 heavy (non-hydrogen) atoms. The SMILES string of the molecule is CCC1(C)C(N)CC1Oc1cc(F)cc(Br)c1. The summed E-state index contributed by atoms with van der Waals surface area (Å²) >= 11 is 3.26. The maximum Gasteiger partial charge on any atom is 0.128 e. The van der Waals surface area contributed by atoms with Gasteiger partial charge in [-0.3, -0.25) is 0 Å². The largest absolute Gasteiger partial charge is 0.490 e. The molecule has 0 saturated heterocycles. The quantitative estimate of drug-likeness (QED) is 0.927. The molecule has 1 aromatic rings. The average molecular weight is 302 g/mol. The van der Waals surface area contributed by atoms with E-state index in [0.29, 0.717) is 10.2 Å². The fourth-order valence-electron chi connectivity index (χ4n) is 2.28. The average Bonchev–Trinajstić information content (AvgIpc) is 2.26. The molecule has 0 heterocycles. The van der Waals surface area contributed by atoms with Crippen molar-refractivity contribution < 1.29 is 9.13 Å².